The zero-order valence-corrected chi connectivity index (χ0v) is 11.1. The third-order valence-corrected chi connectivity index (χ3v) is 3.57. The van der Waals surface area contributed by atoms with Gasteiger partial charge in [0.1, 0.15) is 0 Å². The molecule has 0 unspecified atom stereocenters. The summed E-state index contributed by atoms with van der Waals surface area (Å²) in [5.41, 5.74) is 1.33. The second-order valence-electron chi connectivity index (χ2n) is 4.26. The Morgan fingerprint density at radius 1 is 1.42 bits per heavy atom. The summed E-state index contributed by atoms with van der Waals surface area (Å²) in [6.07, 6.45) is 5.33. The van der Waals surface area contributed by atoms with Gasteiger partial charge in [-0.15, -0.1) is 11.3 Å². The number of rotatable bonds is 4. The fourth-order valence-corrected chi connectivity index (χ4v) is 2.42. The van der Waals surface area contributed by atoms with E-state index in [1.807, 2.05) is 0 Å². The van der Waals surface area contributed by atoms with Crippen LogP contribution < -0.4 is 5.32 Å². The molecule has 3 rings (SSSR count). The number of esters is 1. The van der Waals surface area contributed by atoms with Crippen LogP contribution in [0.15, 0.2) is 17.8 Å². The topological polar surface area (TPSA) is 77.0 Å². The molecule has 0 bridgehead atoms. The number of anilines is 2. The lowest BCUT2D eigenvalue weighted by atomic mass is 10.3. The Hall–Kier alpha value is -2.02. The number of carbonyl (C=O) groups excluding carboxylic acids is 1. The summed E-state index contributed by atoms with van der Waals surface area (Å²) in [5.74, 6) is 0.702. The van der Waals surface area contributed by atoms with Crippen LogP contribution in [0.25, 0.3) is 0 Å². The molecule has 7 heteroatoms. The van der Waals surface area contributed by atoms with E-state index in [-0.39, 0.29) is 5.69 Å². The van der Waals surface area contributed by atoms with Gasteiger partial charge in [-0.3, -0.25) is 0 Å². The van der Waals surface area contributed by atoms with E-state index in [2.05, 4.69) is 30.4 Å². The molecule has 0 amide bonds. The minimum atomic E-state index is -0.496. The third-order valence-electron chi connectivity index (χ3n) is 2.80. The molecule has 2 aromatic heterocycles. The van der Waals surface area contributed by atoms with Gasteiger partial charge in [-0.2, -0.15) is 0 Å². The van der Waals surface area contributed by atoms with Crippen molar-refractivity contribution in [1.82, 2.24) is 15.0 Å². The second-order valence-corrected chi connectivity index (χ2v) is 5.11. The minimum absolute atomic E-state index is 0.186. The van der Waals surface area contributed by atoms with Crippen LogP contribution in [-0.2, 0) is 4.74 Å². The van der Waals surface area contributed by atoms with Crippen molar-refractivity contribution < 1.29 is 9.53 Å². The SMILES string of the molecule is COC(=O)c1cnc(Nc2nc(C3CC3)cs2)cn1. The number of carbonyl (C=O) groups is 1. The fraction of sp³-hybridized carbons (Fsp3) is 0.333. The van der Waals surface area contributed by atoms with Crippen molar-refractivity contribution in [3.05, 3.63) is 29.2 Å². The zero-order valence-electron chi connectivity index (χ0n) is 10.3. The molecular formula is C12H12N4O2S. The lowest BCUT2D eigenvalue weighted by Gasteiger charge is -2.02. The molecule has 0 aliphatic heterocycles. The highest BCUT2D eigenvalue weighted by Gasteiger charge is 2.26. The summed E-state index contributed by atoms with van der Waals surface area (Å²) >= 11 is 1.55. The van der Waals surface area contributed by atoms with E-state index in [0.29, 0.717) is 11.7 Å². The van der Waals surface area contributed by atoms with Gasteiger partial charge < -0.3 is 10.1 Å². The quantitative estimate of drug-likeness (QED) is 0.864. The van der Waals surface area contributed by atoms with Crippen LogP contribution >= 0.6 is 11.3 Å². The highest BCUT2D eigenvalue weighted by molar-refractivity contribution is 7.13. The van der Waals surface area contributed by atoms with Crippen molar-refractivity contribution in [3.8, 4) is 0 Å². The van der Waals surface area contributed by atoms with Gasteiger partial charge in [-0.05, 0) is 12.8 Å². The van der Waals surface area contributed by atoms with E-state index >= 15 is 0 Å². The molecule has 1 aliphatic rings. The normalized spacial score (nSPS) is 14.2. The number of hydrogen-bond donors (Lipinski definition) is 1. The summed E-state index contributed by atoms with van der Waals surface area (Å²) in [6.45, 7) is 0. The maximum absolute atomic E-state index is 11.2. The number of aromatic nitrogens is 3. The fourth-order valence-electron chi connectivity index (χ4n) is 1.62. The Labute approximate surface area is 113 Å². The van der Waals surface area contributed by atoms with Crippen LogP contribution in [0.4, 0.5) is 10.9 Å². The van der Waals surface area contributed by atoms with Crippen LogP contribution in [0, 0.1) is 0 Å². The average Bonchev–Trinajstić information content (AvgIpc) is 3.20. The summed E-state index contributed by atoms with van der Waals surface area (Å²) in [4.78, 5) is 23.8. The Morgan fingerprint density at radius 3 is 2.89 bits per heavy atom. The average molecular weight is 276 g/mol. The molecule has 0 atom stereocenters. The molecule has 0 aromatic carbocycles. The number of nitrogens with zero attached hydrogens (tertiary/aromatic N) is 3. The van der Waals surface area contributed by atoms with Gasteiger partial charge in [0.05, 0.1) is 25.2 Å². The van der Waals surface area contributed by atoms with Crippen molar-refractivity contribution in [2.75, 3.05) is 12.4 Å². The van der Waals surface area contributed by atoms with Crippen molar-refractivity contribution in [1.29, 1.82) is 0 Å². The van der Waals surface area contributed by atoms with Gasteiger partial charge in [0, 0.05) is 11.3 Å². The summed E-state index contributed by atoms with van der Waals surface area (Å²) in [7, 11) is 1.31. The van der Waals surface area contributed by atoms with Crippen molar-refractivity contribution in [3.63, 3.8) is 0 Å². The highest BCUT2D eigenvalue weighted by Crippen LogP contribution is 2.41. The molecule has 19 heavy (non-hydrogen) atoms. The van der Waals surface area contributed by atoms with Gasteiger partial charge in [0.25, 0.3) is 0 Å². The van der Waals surface area contributed by atoms with Gasteiger partial charge in [-0.1, -0.05) is 0 Å². The van der Waals surface area contributed by atoms with E-state index in [1.165, 1.54) is 32.3 Å². The molecule has 6 nitrogen and oxygen atoms in total. The Morgan fingerprint density at radius 2 is 2.26 bits per heavy atom. The van der Waals surface area contributed by atoms with Gasteiger partial charge in [0.2, 0.25) is 0 Å². The van der Waals surface area contributed by atoms with Gasteiger partial charge >= 0.3 is 5.97 Å². The maximum Gasteiger partial charge on any atom is 0.358 e. The minimum Gasteiger partial charge on any atom is -0.464 e. The molecule has 0 spiro atoms. The first-order chi connectivity index (χ1) is 9.26. The molecule has 98 valence electrons. The second kappa shape index (κ2) is 4.93. The Kier molecular flexibility index (Phi) is 3.12. The van der Waals surface area contributed by atoms with E-state index in [9.17, 15) is 4.79 Å². The summed E-state index contributed by atoms with van der Waals surface area (Å²) < 4.78 is 4.56. The first kappa shape index (κ1) is 12.0. The van der Waals surface area contributed by atoms with E-state index in [1.54, 1.807) is 11.3 Å². The number of hydrogen-bond acceptors (Lipinski definition) is 7. The van der Waals surface area contributed by atoms with Crippen LogP contribution in [0.1, 0.15) is 34.9 Å². The van der Waals surface area contributed by atoms with Gasteiger partial charge in [0.15, 0.2) is 16.6 Å². The summed E-state index contributed by atoms with van der Waals surface area (Å²) in [6, 6.07) is 0. The third kappa shape index (κ3) is 2.70. The highest BCUT2D eigenvalue weighted by atomic mass is 32.1. The lowest BCUT2D eigenvalue weighted by molar-refractivity contribution is 0.0593. The molecule has 0 saturated heterocycles. The number of methoxy groups -OCH3 is 1. The van der Waals surface area contributed by atoms with Crippen LogP contribution in [0.3, 0.4) is 0 Å². The molecule has 0 radical (unpaired) electrons. The predicted octanol–water partition coefficient (Wildman–Crippen LogP) is 2.34. The molecular weight excluding hydrogens is 264 g/mol. The Balaban J connectivity index is 1.69. The molecule has 2 aromatic rings. The monoisotopic (exact) mass is 276 g/mol. The van der Waals surface area contributed by atoms with Gasteiger partial charge in [-0.25, -0.2) is 19.7 Å². The van der Waals surface area contributed by atoms with Crippen LogP contribution in [-0.4, -0.2) is 28.0 Å². The van der Waals surface area contributed by atoms with Crippen molar-refractivity contribution in [2.24, 2.45) is 0 Å². The lowest BCUT2D eigenvalue weighted by Crippen LogP contribution is -2.05. The van der Waals surface area contributed by atoms with E-state index < -0.39 is 5.97 Å². The molecule has 1 fully saturated rings. The first-order valence-electron chi connectivity index (χ1n) is 5.89. The number of ether oxygens (including phenoxy) is 1. The summed E-state index contributed by atoms with van der Waals surface area (Å²) in [5, 5.41) is 5.93. The van der Waals surface area contributed by atoms with Crippen molar-refractivity contribution >= 4 is 28.3 Å². The predicted molar refractivity (Wildman–Crippen MR) is 70.7 cm³/mol. The standard InChI is InChI=1S/C12H12N4O2S/c1-18-11(17)8-4-14-10(5-13-8)16-12-15-9(6-19-12)7-2-3-7/h4-7H,2-3H2,1H3,(H,14,15,16). The maximum atomic E-state index is 11.2. The largest absolute Gasteiger partial charge is 0.464 e. The van der Waals surface area contributed by atoms with Crippen LogP contribution in [0.5, 0.6) is 0 Å². The van der Waals surface area contributed by atoms with Crippen LogP contribution in [0.2, 0.25) is 0 Å². The smallest absolute Gasteiger partial charge is 0.358 e. The van der Waals surface area contributed by atoms with E-state index in [4.69, 9.17) is 0 Å². The molecule has 1 N–H and O–H groups in total. The first-order valence-corrected chi connectivity index (χ1v) is 6.77. The Bertz CT molecular complexity index is 592. The zero-order chi connectivity index (χ0) is 13.2. The van der Waals surface area contributed by atoms with Crippen molar-refractivity contribution in [2.45, 2.75) is 18.8 Å². The number of nitrogens with one attached hydrogen (secondary N) is 1. The number of thiazole rings is 1. The molecule has 1 saturated carbocycles. The molecule has 2 heterocycles. The van der Waals surface area contributed by atoms with E-state index in [0.717, 1.165) is 10.8 Å². The molecule has 1 aliphatic carbocycles.